The topological polar surface area (TPSA) is 87.4 Å². The van der Waals surface area contributed by atoms with E-state index in [0.29, 0.717) is 12.3 Å². The first-order valence-electron chi connectivity index (χ1n) is 10.9. The summed E-state index contributed by atoms with van der Waals surface area (Å²) >= 11 is 0. The first-order chi connectivity index (χ1) is 16.5. The van der Waals surface area contributed by atoms with E-state index in [0.717, 1.165) is 41.8 Å². The van der Waals surface area contributed by atoms with Gasteiger partial charge in [0.1, 0.15) is 6.54 Å². The van der Waals surface area contributed by atoms with Gasteiger partial charge in [-0.2, -0.15) is 17.7 Å². The van der Waals surface area contributed by atoms with Crippen LogP contribution in [0, 0.1) is 0 Å². The molecule has 0 fully saturated rings. The maximum absolute atomic E-state index is 12.8. The molecule has 0 radical (unpaired) electrons. The van der Waals surface area contributed by atoms with Crippen molar-refractivity contribution in [3.8, 4) is 22.4 Å². The summed E-state index contributed by atoms with van der Waals surface area (Å²) in [5, 5.41) is 0. The highest BCUT2D eigenvalue weighted by Gasteiger charge is 2.37. The van der Waals surface area contributed by atoms with Crippen molar-refractivity contribution in [3.63, 3.8) is 0 Å². The molecule has 0 saturated carbocycles. The number of pyridine rings is 1. The number of aromatic nitrogens is 1. The molecule has 0 amide bonds. The molecular formula is C25H26F3NO5S. The van der Waals surface area contributed by atoms with Crippen molar-refractivity contribution in [2.75, 3.05) is 6.61 Å². The van der Waals surface area contributed by atoms with E-state index in [9.17, 15) is 18.0 Å². The number of unbranched alkanes of at least 4 members (excludes halogenated alkanes) is 1. The largest absolute Gasteiger partial charge is 0.741 e. The summed E-state index contributed by atoms with van der Waals surface area (Å²) in [5.74, 6) is -0.274. The normalized spacial score (nSPS) is 11.4. The molecule has 35 heavy (non-hydrogen) atoms. The zero-order valence-corrected chi connectivity index (χ0v) is 20.1. The van der Waals surface area contributed by atoms with Crippen molar-refractivity contribution in [2.45, 2.75) is 38.7 Å². The summed E-state index contributed by atoms with van der Waals surface area (Å²) in [6.07, 6.45) is 2.06. The Labute approximate surface area is 202 Å². The number of esters is 1. The molecule has 0 aliphatic heterocycles. The monoisotopic (exact) mass is 509 g/mol. The van der Waals surface area contributed by atoms with Crippen molar-refractivity contribution in [3.05, 3.63) is 78.5 Å². The molecule has 1 heterocycles. The standard InChI is InChI=1S/C24H26NO2.CHF3O3S/c1-3-5-16-25-22(20-14-10-7-11-15-20)17-21(19-12-8-6-9-13-19)18-23(25)24(26)27-4-2;2-1(3,4)8(5,6)7/h6-15,17-18H,3-5,16H2,1-2H3;(H,5,6,7)/q+1;/p-1. The molecule has 0 aliphatic rings. The van der Waals surface area contributed by atoms with Gasteiger partial charge in [0.05, 0.1) is 6.61 Å². The fourth-order valence-electron chi connectivity index (χ4n) is 3.20. The third kappa shape index (κ3) is 7.90. The van der Waals surface area contributed by atoms with Crippen LogP contribution in [-0.2, 0) is 21.4 Å². The quantitative estimate of drug-likeness (QED) is 0.186. The fraction of sp³-hybridized carbons (Fsp3) is 0.280. The first-order valence-corrected chi connectivity index (χ1v) is 12.3. The summed E-state index contributed by atoms with van der Waals surface area (Å²) in [7, 11) is -6.09. The molecule has 0 N–H and O–H groups in total. The molecule has 1 aromatic heterocycles. The van der Waals surface area contributed by atoms with Gasteiger partial charge in [-0.3, -0.25) is 0 Å². The van der Waals surface area contributed by atoms with E-state index in [1.165, 1.54) is 0 Å². The lowest BCUT2D eigenvalue weighted by molar-refractivity contribution is -0.689. The average Bonchev–Trinajstić information content (AvgIpc) is 2.82. The number of benzene rings is 2. The van der Waals surface area contributed by atoms with Crippen LogP contribution in [0.25, 0.3) is 22.4 Å². The highest BCUT2D eigenvalue weighted by Crippen LogP contribution is 2.26. The Balaban J connectivity index is 0.000000466. The van der Waals surface area contributed by atoms with Crippen LogP contribution in [0.5, 0.6) is 0 Å². The summed E-state index contributed by atoms with van der Waals surface area (Å²) in [5.41, 5.74) is -0.809. The summed E-state index contributed by atoms with van der Waals surface area (Å²) in [6.45, 7) is 5.14. The van der Waals surface area contributed by atoms with Gasteiger partial charge in [-0.25, -0.2) is 13.2 Å². The number of ether oxygens (including phenoxy) is 1. The molecule has 6 nitrogen and oxygen atoms in total. The van der Waals surface area contributed by atoms with Gasteiger partial charge < -0.3 is 9.29 Å². The Morgan fingerprint density at radius 1 is 0.914 bits per heavy atom. The Kier molecular flexibility index (Phi) is 9.97. The lowest BCUT2D eigenvalue weighted by atomic mass is 10.0. The number of hydrogen-bond donors (Lipinski definition) is 0. The van der Waals surface area contributed by atoms with E-state index in [1.807, 2.05) is 49.4 Å². The van der Waals surface area contributed by atoms with Gasteiger partial charge in [0.25, 0.3) is 5.69 Å². The van der Waals surface area contributed by atoms with E-state index < -0.39 is 15.6 Å². The predicted octanol–water partition coefficient (Wildman–Crippen LogP) is 5.34. The molecule has 2 aromatic carbocycles. The van der Waals surface area contributed by atoms with Crippen LogP contribution in [0.2, 0.25) is 0 Å². The Bertz CT molecular complexity index is 1220. The summed E-state index contributed by atoms with van der Waals surface area (Å²) in [4.78, 5) is 12.8. The number of nitrogens with zero attached hydrogens (tertiary/aromatic N) is 1. The van der Waals surface area contributed by atoms with Crippen LogP contribution in [0.3, 0.4) is 0 Å². The van der Waals surface area contributed by atoms with Gasteiger partial charge in [0.2, 0.25) is 5.69 Å². The van der Waals surface area contributed by atoms with Crippen LogP contribution in [0.15, 0.2) is 72.8 Å². The second-order valence-electron chi connectivity index (χ2n) is 7.37. The van der Waals surface area contributed by atoms with E-state index in [-0.39, 0.29) is 5.97 Å². The molecule has 10 heteroatoms. The average molecular weight is 510 g/mol. The van der Waals surface area contributed by atoms with Gasteiger partial charge in [-0.05, 0) is 30.2 Å². The number of carbonyl (C=O) groups excluding carboxylic acids is 1. The van der Waals surface area contributed by atoms with E-state index in [1.54, 1.807) is 0 Å². The molecule has 188 valence electrons. The minimum absolute atomic E-state index is 0.274. The lowest BCUT2D eigenvalue weighted by Crippen LogP contribution is -2.43. The number of halogens is 3. The highest BCUT2D eigenvalue weighted by atomic mass is 32.2. The third-order valence-electron chi connectivity index (χ3n) is 4.85. The number of hydrogen-bond acceptors (Lipinski definition) is 5. The van der Waals surface area contributed by atoms with Crippen LogP contribution in [0.1, 0.15) is 37.2 Å². The third-order valence-corrected chi connectivity index (χ3v) is 5.41. The zero-order valence-electron chi connectivity index (χ0n) is 19.3. The van der Waals surface area contributed by atoms with Crippen molar-refractivity contribution >= 4 is 16.1 Å². The number of carbonyl (C=O) groups is 1. The van der Waals surface area contributed by atoms with Crippen LogP contribution < -0.4 is 4.57 Å². The molecule has 0 spiro atoms. The lowest BCUT2D eigenvalue weighted by Gasteiger charge is -2.12. The van der Waals surface area contributed by atoms with Gasteiger partial charge in [0, 0.05) is 24.1 Å². The predicted molar refractivity (Wildman–Crippen MR) is 124 cm³/mol. The first kappa shape index (κ1) is 28.0. The Morgan fingerprint density at radius 2 is 1.43 bits per heavy atom. The SMILES string of the molecule is CCCC[n+]1c(C(=O)OCC)cc(-c2ccccc2)cc1-c1ccccc1.O=S(=O)([O-])C(F)(F)F. The second kappa shape index (κ2) is 12.5. The van der Waals surface area contributed by atoms with Crippen molar-refractivity contribution in [2.24, 2.45) is 0 Å². The van der Waals surface area contributed by atoms with Crippen LogP contribution >= 0.6 is 0 Å². The number of rotatable bonds is 7. The molecule has 0 atom stereocenters. The molecule has 0 unspecified atom stereocenters. The van der Waals surface area contributed by atoms with Crippen molar-refractivity contribution < 1.29 is 40.2 Å². The smallest absolute Gasteiger partial charge is 0.485 e. The van der Waals surface area contributed by atoms with Crippen molar-refractivity contribution in [1.82, 2.24) is 0 Å². The van der Waals surface area contributed by atoms with E-state index in [4.69, 9.17) is 17.7 Å². The van der Waals surface area contributed by atoms with Gasteiger partial charge >= 0.3 is 11.5 Å². The van der Waals surface area contributed by atoms with Crippen LogP contribution in [0.4, 0.5) is 13.2 Å². The summed E-state index contributed by atoms with van der Waals surface area (Å²) < 4.78 is 66.4. The van der Waals surface area contributed by atoms with Crippen LogP contribution in [-0.4, -0.2) is 31.1 Å². The minimum atomic E-state index is -6.09. The second-order valence-corrected chi connectivity index (χ2v) is 8.74. The number of alkyl halides is 3. The summed E-state index contributed by atoms with van der Waals surface area (Å²) in [6, 6.07) is 24.5. The highest BCUT2D eigenvalue weighted by molar-refractivity contribution is 7.86. The van der Waals surface area contributed by atoms with E-state index >= 15 is 0 Å². The molecular weight excluding hydrogens is 483 g/mol. The minimum Gasteiger partial charge on any atom is -0.741 e. The van der Waals surface area contributed by atoms with Gasteiger partial charge in [0.15, 0.2) is 10.1 Å². The van der Waals surface area contributed by atoms with E-state index in [2.05, 4.69) is 41.8 Å². The molecule has 0 bridgehead atoms. The Morgan fingerprint density at radius 3 is 1.89 bits per heavy atom. The molecule has 3 rings (SSSR count). The maximum Gasteiger partial charge on any atom is 0.485 e. The zero-order chi connectivity index (χ0) is 26.1. The van der Waals surface area contributed by atoms with Gasteiger partial charge in [-0.15, -0.1) is 0 Å². The fourth-order valence-corrected chi connectivity index (χ4v) is 3.20. The maximum atomic E-state index is 12.8. The molecule has 0 aliphatic carbocycles. The molecule has 3 aromatic rings. The van der Waals surface area contributed by atoms with Gasteiger partial charge in [-0.1, -0.05) is 61.9 Å². The Hall–Kier alpha value is -3.24. The molecule has 0 saturated heterocycles. The van der Waals surface area contributed by atoms with Crippen molar-refractivity contribution in [1.29, 1.82) is 0 Å².